The molecule has 0 radical (unpaired) electrons. The monoisotopic (exact) mass is 106 g/mol. The van der Waals surface area contributed by atoms with E-state index in [2.05, 4.69) is 0 Å². The van der Waals surface area contributed by atoms with Gasteiger partial charge < -0.3 is 4.79 Å². The van der Waals surface area contributed by atoms with E-state index in [-0.39, 0.29) is 18.9 Å². The van der Waals surface area contributed by atoms with Crippen LogP contribution in [0.2, 0.25) is 0 Å². The Labute approximate surface area is 62.3 Å². The van der Waals surface area contributed by atoms with E-state index < -0.39 is 0 Å². The van der Waals surface area contributed by atoms with Crippen LogP contribution in [0.3, 0.4) is 0 Å². The zero-order valence-electron chi connectivity index (χ0n) is 4.55. The van der Waals surface area contributed by atoms with Crippen LogP contribution in [0, 0.1) is 0 Å². The van der Waals surface area contributed by atoms with Gasteiger partial charge in [-0.25, -0.2) is 0 Å². The van der Waals surface area contributed by atoms with Gasteiger partial charge in [-0.05, 0) is 6.42 Å². The summed E-state index contributed by atoms with van der Waals surface area (Å²) >= 11 is 0. The molecule has 0 aliphatic rings. The summed E-state index contributed by atoms with van der Waals surface area (Å²) in [7, 11) is 0. The Balaban J connectivity index is 0. The Bertz CT molecular complexity index is 68.9. The second-order valence-corrected chi connectivity index (χ2v) is 1.28. The molecule has 0 saturated carbocycles. The van der Waals surface area contributed by atoms with Crippen LogP contribution in [0.25, 0.3) is 0 Å². The molecule has 0 spiro atoms. The predicted molar refractivity (Wildman–Crippen MR) is 37.3 cm³/mol. The molecular formula is C6H11LiO. The first kappa shape index (κ1) is 10.9. The molecule has 0 fully saturated rings. The van der Waals surface area contributed by atoms with E-state index in [0.717, 1.165) is 12.7 Å². The van der Waals surface area contributed by atoms with Crippen molar-refractivity contribution >= 4 is 25.1 Å². The third-order valence-corrected chi connectivity index (χ3v) is 0.635. The van der Waals surface area contributed by atoms with Crippen LogP contribution in [0.5, 0.6) is 0 Å². The van der Waals surface area contributed by atoms with Crippen molar-refractivity contribution in [3.63, 3.8) is 0 Å². The Morgan fingerprint density at radius 2 is 2.00 bits per heavy atom. The van der Waals surface area contributed by atoms with Crippen LogP contribution in [-0.4, -0.2) is 25.1 Å². The molecule has 0 saturated heterocycles. The standard InChI is InChI=1S/C6H10O.Li.H/c1-2-3-4-5-6-7;;/h3-4,6H,2,5H2,1H3;;. The topological polar surface area (TPSA) is 17.1 Å². The van der Waals surface area contributed by atoms with E-state index >= 15 is 0 Å². The van der Waals surface area contributed by atoms with Crippen molar-refractivity contribution < 1.29 is 4.79 Å². The molecule has 2 heteroatoms. The van der Waals surface area contributed by atoms with Gasteiger partial charge in [0.15, 0.2) is 0 Å². The summed E-state index contributed by atoms with van der Waals surface area (Å²) in [6, 6.07) is 0. The van der Waals surface area contributed by atoms with Crippen molar-refractivity contribution in [3.8, 4) is 0 Å². The molecule has 8 heavy (non-hydrogen) atoms. The molecule has 0 aromatic carbocycles. The maximum atomic E-state index is 9.63. The second-order valence-electron chi connectivity index (χ2n) is 1.28. The summed E-state index contributed by atoms with van der Waals surface area (Å²) < 4.78 is 0. The quantitative estimate of drug-likeness (QED) is 0.296. The van der Waals surface area contributed by atoms with E-state index in [9.17, 15) is 4.79 Å². The van der Waals surface area contributed by atoms with E-state index in [1.54, 1.807) is 0 Å². The van der Waals surface area contributed by atoms with Gasteiger partial charge in [-0.1, -0.05) is 19.1 Å². The third-order valence-electron chi connectivity index (χ3n) is 0.635. The molecule has 0 unspecified atom stereocenters. The average Bonchev–Trinajstić information content (AvgIpc) is 1.69. The van der Waals surface area contributed by atoms with Crippen LogP contribution in [0.1, 0.15) is 19.8 Å². The van der Waals surface area contributed by atoms with Crippen LogP contribution in [0.4, 0.5) is 0 Å². The van der Waals surface area contributed by atoms with Gasteiger partial charge in [0, 0.05) is 6.42 Å². The maximum absolute atomic E-state index is 9.63. The molecule has 0 amide bonds. The first-order valence-electron chi connectivity index (χ1n) is 2.50. The van der Waals surface area contributed by atoms with E-state index in [0.29, 0.717) is 6.42 Å². The van der Waals surface area contributed by atoms with Crippen LogP contribution >= 0.6 is 0 Å². The van der Waals surface area contributed by atoms with Crippen molar-refractivity contribution in [1.29, 1.82) is 0 Å². The van der Waals surface area contributed by atoms with Gasteiger partial charge >= 0.3 is 18.9 Å². The summed E-state index contributed by atoms with van der Waals surface area (Å²) in [6.07, 6.45) is 6.33. The molecule has 0 aromatic rings. The molecule has 0 atom stereocenters. The van der Waals surface area contributed by atoms with Crippen molar-refractivity contribution in [3.05, 3.63) is 12.2 Å². The number of allylic oxidation sites excluding steroid dienone is 2. The molecule has 0 heterocycles. The minimum atomic E-state index is 0. The fourth-order valence-corrected chi connectivity index (χ4v) is 0.318. The minimum absolute atomic E-state index is 0. The van der Waals surface area contributed by atoms with Crippen molar-refractivity contribution in [2.24, 2.45) is 0 Å². The fraction of sp³-hybridized carbons (Fsp3) is 0.500. The van der Waals surface area contributed by atoms with Crippen LogP contribution in [0.15, 0.2) is 12.2 Å². The second kappa shape index (κ2) is 10.1. The van der Waals surface area contributed by atoms with E-state index in [1.807, 2.05) is 19.1 Å². The first-order valence-corrected chi connectivity index (χ1v) is 2.50. The van der Waals surface area contributed by atoms with Crippen LogP contribution in [-0.2, 0) is 4.79 Å². The van der Waals surface area contributed by atoms with Gasteiger partial charge in [-0.3, -0.25) is 0 Å². The SMILES string of the molecule is CCC=CCC=O.[LiH]. The van der Waals surface area contributed by atoms with Crippen molar-refractivity contribution in [2.75, 3.05) is 0 Å². The summed E-state index contributed by atoms with van der Waals surface area (Å²) in [5, 5.41) is 0. The zero-order chi connectivity index (χ0) is 5.54. The summed E-state index contributed by atoms with van der Waals surface area (Å²) in [6.45, 7) is 2.04. The normalized spacial score (nSPS) is 8.62. The van der Waals surface area contributed by atoms with Gasteiger partial charge in [0.2, 0.25) is 0 Å². The average molecular weight is 106 g/mol. The molecule has 0 aliphatic carbocycles. The molecule has 0 aromatic heterocycles. The van der Waals surface area contributed by atoms with Gasteiger partial charge in [-0.2, -0.15) is 0 Å². The van der Waals surface area contributed by atoms with E-state index in [4.69, 9.17) is 0 Å². The molecule has 0 bridgehead atoms. The summed E-state index contributed by atoms with van der Waals surface area (Å²) in [5.74, 6) is 0. The Kier molecular flexibility index (Phi) is 13.7. The third kappa shape index (κ3) is 9.38. The number of hydrogen-bond acceptors (Lipinski definition) is 1. The van der Waals surface area contributed by atoms with Crippen molar-refractivity contribution in [2.45, 2.75) is 19.8 Å². The zero-order valence-corrected chi connectivity index (χ0v) is 4.55. The molecule has 42 valence electrons. The predicted octanol–water partition coefficient (Wildman–Crippen LogP) is 0.893. The Morgan fingerprint density at radius 1 is 1.38 bits per heavy atom. The summed E-state index contributed by atoms with van der Waals surface area (Å²) in [5.41, 5.74) is 0. The number of carbonyl (C=O) groups is 1. The summed E-state index contributed by atoms with van der Waals surface area (Å²) in [4.78, 5) is 9.63. The molecule has 0 aliphatic heterocycles. The van der Waals surface area contributed by atoms with Crippen molar-refractivity contribution in [1.82, 2.24) is 0 Å². The Hall–Kier alpha value is 0.00740. The number of rotatable bonds is 3. The number of hydrogen-bond donors (Lipinski definition) is 0. The number of carbonyl (C=O) groups excluding carboxylic acids is 1. The van der Waals surface area contributed by atoms with E-state index in [1.165, 1.54) is 0 Å². The fourth-order valence-electron chi connectivity index (χ4n) is 0.318. The number of aldehydes is 1. The molecule has 0 rings (SSSR count). The van der Waals surface area contributed by atoms with Crippen LogP contribution < -0.4 is 0 Å². The van der Waals surface area contributed by atoms with Gasteiger partial charge in [0.05, 0.1) is 0 Å². The molecule has 0 N–H and O–H groups in total. The van der Waals surface area contributed by atoms with Gasteiger partial charge in [-0.15, -0.1) is 0 Å². The molecular weight excluding hydrogens is 95.0 g/mol. The van der Waals surface area contributed by atoms with Gasteiger partial charge in [0.1, 0.15) is 6.29 Å². The molecule has 1 nitrogen and oxygen atoms in total. The van der Waals surface area contributed by atoms with Gasteiger partial charge in [0.25, 0.3) is 0 Å². The Morgan fingerprint density at radius 3 is 2.38 bits per heavy atom. The first-order chi connectivity index (χ1) is 3.41.